The lowest BCUT2D eigenvalue weighted by Gasteiger charge is -2.11. The van der Waals surface area contributed by atoms with Crippen molar-refractivity contribution in [1.29, 1.82) is 0 Å². The molecule has 2 aromatic carbocycles. The molecule has 0 radical (unpaired) electrons. The number of rotatable bonds is 3. The summed E-state index contributed by atoms with van der Waals surface area (Å²) in [6.07, 6.45) is 0. The lowest BCUT2D eigenvalue weighted by atomic mass is 10.1. The van der Waals surface area contributed by atoms with Crippen molar-refractivity contribution >= 4 is 28.9 Å². The Labute approximate surface area is 154 Å². The van der Waals surface area contributed by atoms with Crippen molar-refractivity contribution in [3.8, 4) is 11.3 Å². The Morgan fingerprint density at radius 1 is 1.12 bits per heavy atom. The van der Waals surface area contributed by atoms with E-state index in [4.69, 9.17) is 12.2 Å². The molecular formula is C18H16FN5OS. The molecule has 0 spiro atoms. The second-order valence-electron chi connectivity index (χ2n) is 5.53. The summed E-state index contributed by atoms with van der Waals surface area (Å²) in [7, 11) is 0. The Kier molecular flexibility index (Phi) is 5.23. The van der Waals surface area contributed by atoms with E-state index in [0.29, 0.717) is 16.9 Å². The summed E-state index contributed by atoms with van der Waals surface area (Å²) in [5, 5.41) is 9.71. The summed E-state index contributed by atoms with van der Waals surface area (Å²) in [5.41, 5.74) is 7.87. The number of H-pyrrole nitrogens is 1. The third-order valence-electron chi connectivity index (χ3n) is 3.61. The molecule has 3 rings (SSSR count). The van der Waals surface area contributed by atoms with Gasteiger partial charge in [0.15, 0.2) is 5.11 Å². The number of hydrazine groups is 1. The van der Waals surface area contributed by atoms with E-state index in [1.54, 1.807) is 25.1 Å². The van der Waals surface area contributed by atoms with E-state index in [2.05, 4.69) is 26.4 Å². The van der Waals surface area contributed by atoms with E-state index in [1.165, 1.54) is 6.07 Å². The van der Waals surface area contributed by atoms with E-state index in [1.807, 2.05) is 30.3 Å². The van der Waals surface area contributed by atoms with Crippen LogP contribution in [0.4, 0.5) is 10.1 Å². The van der Waals surface area contributed by atoms with Crippen LogP contribution in [-0.4, -0.2) is 21.2 Å². The number of aromatic amines is 1. The quantitative estimate of drug-likeness (QED) is 0.421. The maximum Gasteiger partial charge on any atom is 0.287 e. The first-order valence-electron chi connectivity index (χ1n) is 7.77. The summed E-state index contributed by atoms with van der Waals surface area (Å²) in [6.45, 7) is 1.67. The standard InChI is InChI=1S/C18H16FN5OS/c1-11-7-8-13(9-14(11)19)20-18(26)24-23-17(25)16-10-15(21-22-16)12-5-3-2-4-6-12/h2-10H,1H3,(H,21,22)(H,23,25)(H2,20,24,26). The number of thiocarbonyl (C=S) groups is 1. The zero-order valence-corrected chi connectivity index (χ0v) is 14.7. The summed E-state index contributed by atoms with van der Waals surface area (Å²) >= 11 is 5.08. The number of nitrogens with one attached hydrogen (secondary N) is 4. The molecule has 1 heterocycles. The Morgan fingerprint density at radius 2 is 1.88 bits per heavy atom. The summed E-state index contributed by atoms with van der Waals surface area (Å²) < 4.78 is 13.5. The number of halogens is 1. The van der Waals surface area contributed by atoms with Gasteiger partial charge in [0, 0.05) is 11.3 Å². The molecule has 3 aromatic rings. The Balaban J connectivity index is 1.56. The second-order valence-corrected chi connectivity index (χ2v) is 5.94. The maximum absolute atomic E-state index is 13.5. The van der Waals surface area contributed by atoms with Crippen LogP contribution in [0, 0.1) is 12.7 Å². The van der Waals surface area contributed by atoms with Crippen LogP contribution in [0.15, 0.2) is 54.6 Å². The first-order valence-corrected chi connectivity index (χ1v) is 8.18. The van der Waals surface area contributed by atoms with Crippen molar-refractivity contribution in [2.75, 3.05) is 5.32 Å². The Morgan fingerprint density at radius 3 is 2.62 bits per heavy atom. The van der Waals surface area contributed by atoms with Crippen molar-refractivity contribution < 1.29 is 9.18 Å². The number of hydrogen-bond acceptors (Lipinski definition) is 3. The number of carbonyl (C=O) groups is 1. The van der Waals surface area contributed by atoms with Gasteiger partial charge in [0.25, 0.3) is 5.91 Å². The predicted octanol–water partition coefficient (Wildman–Crippen LogP) is 3.16. The fourth-order valence-corrected chi connectivity index (χ4v) is 2.38. The van der Waals surface area contributed by atoms with E-state index in [9.17, 15) is 9.18 Å². The topological polar surface area (TPSA) is 81.8 Å². The van der Waals surface area contributed by atoms with Gasteiger partial charge in [0.05, 0.1) is 5.69 Å². The molecule has 6 nitrogen and oxygen atoms in total. The average Bonchev–Trinajstić information content (AvgIpc) is 3.14. The Bertz CT molecular complexity index is 942. The van der Waals surface area contributed by atoms with Crippen LogP contribution in [0.2, 0.25) is 0 Å². The molecule has 0 unspecified atom stereocenters. The van der Waals surface area contributed by atoms with Crippen molar-refractivity contribution in [2.24, 2.45) is 0 Å². The fraction of sp³-hybridized carbons (Fsp3) is 0.0556. The predicted molar refractivity (Wildman–Crippen MR) is 102 cm³/mol. The number of carbonyl (C=O) groups excluding carboxylic acids is 1. The van der Waals surface area contributed by atoms with Gasteiger partial charge in [-0.2, -0.15) is 5.10 Å². The SMILES string of the molecule is Cc1ccc(NC(=S)NNC(=O)c2cc(-c3ccccc3)n[nH]2)cc1F. The van der Waals surface area contributed by atoms with Crippen LogP contribution < -0.4 is 16.2 Å². The van der Waals surface area contributed by atoms with Crippen LogP contribution in [0.5, 0.6) is 0 Å². The zero-order valence-electron chi connectivity index (χ0n) is 13.8. The fourth-order valence-electron chi connectivity index (χ4n) is 2.21. The third-order valence-corrected chi connectivity index (χ3v) is 3.82. The lowest BCUT2D eigenvalue weighted by molar-refractivity contribution is 0.0939. The van der Waals surface area contributed by atoms with Gasteiger partial charge in [0.2, 0.25) is 0 Å². The smallest absolute Gasteiger partial charge is 0.287 e. The van der Waals surface area contributed by atoms with E-state index in [0.717, 1.165) is 5.56 Å². The molecule has 0 fully saturated rings. The molecular weight excluding hydrogens is 353 g/mol. The molecule has 0 atom stereocenters. The van der Waals surface area contributed by atoms with Crippen molar-refractivity contribution in [2.45, 2.75) is 6.92 Å². The number of amides is 1. The minimum absolute atomic E-state index is 0.129. The van der Waals surface area contributed by atoms with E-state index < -0.39 is 5.91 Å². The second kappa shape index (κ2) is 7.75. The molecule has 0 saturated heterocycles. The van der Waals surface area contributed by atoms with Crippen molar-refractivity contribution in [1.82, 2.24) is 21.0 Å². The number of aryl methyl sites for hydroxylation is 1. The molecule has 0 saturated carbocycles. The van der Waals surface area contributed by atoms with Gasteiger partial charge in [-0.25, -0.2) is 4.39 Å². The van der Waals surface area contributed by atoms with Crippen LogP contribution >= 0.6 is 12.2 Å². The van der Waals surface area contributed by atoms with E-state index in [-0.39, 0.29) is 16.6 Å². The first kappa shape index (κ1) is 17.6. The molecule has 1 amide bonds. The molecule has 132 valence electrons. The summed E-state index contributed by atoms with van der Waals surface area (Å²) in [6, 6.07) is 15.8. The minimum atomic E-state index is -0.432. The van der Waals surface area contributed by atoms with Gasteiger partial charge in [-0.3, -0.25) is 20.7 Å². The zero-order chi connectivity index (χ0) is 18.5. The molecule has 0 aliphatic rings. The molecule has 8 heteroatoms. The highest BCUT2D eigenvalue weighted by Gasteiger charge is 2.11. The van der Waals surface area contributed by atoms with Crippen LogP contribution in [-0.2, 0) is 0 Å². The van der Waals surface area contributed by atoms with Gasteiger partial charge in [-0.15, -0.1) is 0 Å². The van der Waals surface area contributed by atoms with Crippen LogP contribution in [0.1, 0.15) is 16.1 Å². The van der Waals surface area contributed by atoms with Crippen LogP contribution in [0.25, 0.3) is 11.3 Å². The first-order chi connectivity index (χ1) is 12.5. The lowest BCUT2D eigenvalue weighted by Crippen LogP contribution is -2.43. The normalized spacial score (nSPS) is 10.2. The van der Waals surface area contributed by atoms with Gasteiger partial charge in [0.1, 0.15) is 11.5 Å². The highest BCUT2D eigenvalue weighted by Crippen LogP contribution is 2.16. The van der Waals surface area contributed by atoms with E-state index >= 15 is 0 Å². The summed E-state index contributed by atoms with van der Waals surface area (Å²) in [5.74, 6) is -0.772. The largest absolute Gasteiger partial charge is 0.331 e. The average molecular weight is 369 g/mol. The third kappa shape index (κ3) is 4.22. The summed E-state index contributed by atoms with van der Waals surface area (Å²) in [4.78, 5) is 12.2. The number of nitrogens with zero attached hydrogens (tertiary/aromatic N) is 1. The number of hydrogen-bond donors (Lipinski definition) is 4. The highest BCUT2D eigenvalue weighted by molar-refractivity contribution is 7.80. The number of aromatic nitrogens is 2. The molecule has 4 N–H and O–H groups in total. The van der Waals surface area contributed by atoms with Gasteiger partial charge < -0.3 is 5.32 Å². The highest BCUT2D eigenvalue weighted by atomic mass is 32.1. The maximum atomic E-state index is 13.5. The minimum Gasteiger partial charge on any atom is -0.331 e. The van der Waals surface area contributed by atoms with Crippen molar-refractivity contribution in [3.63, 3.8) is 0 Å². The number of benzene rings is 2. The molecule has 0 bridgehead atoms. The van der Waals surface area contributed by atoms with Crippen LogP contribution in [0.3, 0.4) is 0 Å². The van der Waals surface area contributed by atoms with Gasteiger partial charge in [-0.1, -0.05) is 36.4 Å². The Hall–Kier alpha value is -3.26. The van der Waals surface area contributed by atoms with Gasteiger partial charge >= 0.3 is 0 Å². The molecule has 26 heavy (non-hydrogen) atoms. The molecule has 1 aromatic heterocycles. The molecule has 0 aliphatic carbocycles. The number of anilines is 1. The molecule has 0 aliphatic heterocycles. The van der Waals surface area contributed by atoms with Crippen molar-refractivity contribution in [3.05, 3.63) is 71.7 Å². The van der Waals surface area contributed by atoms with Gasteiger partial charge in [-0.05, 0) is 42.9 Å². The monoisotopic (exact) mass is 369 g/mol.